The van der Waals surface area contributed by atoms with Gasteiger partial charge in [0.25, 0.3) is 0 Å². The van der Waals surface area contributed by atoms with Gasteiger partial charge >= 0.3 is 6.03 Å². The molecular weight excluding hydrogens is 370 g/mol. The number of hydrazone groups is 1. The predicted octanol–water partition coefficient (Wildman–Crippen LogP) is 4.06. The van der Waals surface area contributed by atoms with Crippen molar-refractivity contribution >= 4 is 12.2 Å². The lowest BCUT2D eigenvalue weighted by molar-refractivity contribution is 0.240. The normalized spacial score (nSPS) is 11.8. The first kappa shape index (κ1) is 22.1. The maximum Gasteiger partial charge on any atom is 0.332 e. The van der Waals surface area contributed by atoms with Crippen LogP contribution in [0.1, 0.15) is 43.7 Å². The average Bonchev–Trinajstić information content (AvgIpc) is 2.73. The largest absolute Gasteiger partial charge is 0.493 e. The second kappa shape index (κ2) is 11.6. The van der Waals surface area contributed by atoms with Gasteiger partial charge in [0.05, 0.1) is 26.5 Å². The molecular formula is C22H29N3O4. The first-order valence-electron chi connectivity index (χ1n) is 9.66. The summed E-state index contributed by atoms with van der Waals surface area (Å²) in [7, 11) is 1.57. The van der Waals surface area contributed by atoms with Crippen LogP contribution in [0.25, 0.3) is 0 Å². The van der Waals surface area contributed by atoms with Crippen molar-refractivity contribution in [1.29, 1.82) is 0 Å². The van der Waals surface area contributed by atoms with Crippen LogP contribution in [0.3, 0.4) is 0 Å². The molecule has 156 valence electrons. The van der Waals surface area contributed by atoms with Gasteiger partial charge in [0.15, 0.2) is 11.5 Å². The molecule has 29 heavy (non-hydrogen) atoms. The summed E-state index contributed by atoms with van der Waals surface area (Å²) in [6, 6.07) is 12.9. The Morgan fingerprint density at radius 3 is 2.55 bits per heavy atom. The van der Waals surface area contributed by atoms with E-state index in [2.05, 4.69) is 36.5 Å². The van der Waals surface area contributed by atoms with Crippen molar-refractivity contribution in [2.75, 3.05) is 20.3 Å². The molecule has 2 amide bonds. The van der Waals surface area contributed by atoms with Crippen LogP contribution < -0.4 is 25.4 Å². The molecule has 1 atom stereocenters. The lowest BCUT2D eigenvalue weighted by atomic mass is 9.99. The lowest BCUT2D eigenvalue weighted by Gasteiger charge is -2.14. The molecule has 0 saturated heterocycles. The van der Waals surface area contributed by atoms with Crippen molar-refractivity contribution in [3.63, 3.8) is 0 Å². The number of nitrogens with one attached hydrogen (secondary N) is 1. The Kier molecular flexibility index (Phi) is 8.82. The van der Waals surface area contributed by atoms with Crippen LogP contribution in [-0.4, -0.2) is 32.6 Å². The number of nitrogens with two attached hydrogens (primary N) is 1. The number of para-hydroxylation sites is 1. The molecule has 2 rings (SSSR count). The number of amides is 2. The second-order valence-corrected chi connectivity index (χ2v) is 6.54. The minimum Gasteiger partial charge on any atom is -0.493 e. The molecule has 0 radical (unpaired) electrons. The number of nitrogens with zero attached hydrogens (tertiary/aromatic N) is 1. The highest BCUT2D eigenvalue weighted by Crippen LogP contribution is 2.30. The Balaban J connectivity index is 1.86. The number of hydrogen-bond donors (Lipinski definition) is 2. The number of rotatable bonds is 11. The third kappa shape index (κ3) is 7.03. The summed E-state index contributed by atoms with van der Waals surface area (Å²) in [5, 5.41) is 3.78. The second-order valence-electron chi connectivity index (χ2n) is 6.54. The number of hydrogen-bond acceptors (Lipinski definition) is 5. The van der Waals surface area contributed by atoms with Gasteiger partial charge in [-0.05, 0) is 42.2 Å². The Morgan fingerprint density at radius 2 is 1.90 bits per heavy atom. The van der Waals surface area contributed by atoms with Gasteiger partial charge in [-0.25, -0.2) is 10.2 Å². The van der Waals surface area contributed by atoms with E-state index in [4.69, 9.17) is 19.9 Å². The molecule has 0 aliphatic heterocycles. The van der Waals surface area contributed by atoms with Crippen molar-refractivity contribution in [2.24, 2.45) is 10.8 Å². The fourth-order valence-corrected chi connectivity index (χ4v) is 2.67. The van der Waals surface area contributed by atoms with Gasteiger partial charge in [-0.1, -0.05) is 32.0 Å². The van der Waals surface area contributed by atoms with Crippen LogP contribution in [0, 0.1) is 0 Å². The summed E-state index contributed by atoms with van der Waals surface area (Å²) < 4.78 is 17.0. The standard InChI is InChI=1S/C22H29N3O4/c1-4-16(2)17-9-11-19(12-10-17)28-13-6-14-29-21-18(15-24-25-22(23)26)7-5-8-20(21)27-3/h5,7-12,15-16H,4,6,13-14H2,1-3H3,(H3,23,25,26)/b24-15+. The van der Waals surface area contributed by atoms with E-state index in [-0.39, 0.29) is 0 Å². The molecule has 0 aromatic heterocycles. The van der Waals surface area contributed by atoms with Crippen LogP contribution in [0.5, 0.6) is 17.2 Å². The van der Waals surface area contributed by atoms with Crippen LogP contribution >= 0.6 is 0 Å². The topological polar surface area (TPSA) is 95.2 Å². The van der Waals surface area contributed by atoms with Gasteiger partial charge in [0.1, 0.15) is 5.75 Å². The number of methoxy groups -OCH3 is 1. The van der Waals surface area contributed by atoms with Crippen molar-refractivity contribution in [3.05, 3.63) is 53.6 Å². The highest BCUT2D eigenvalue weighted by atomic mass is 16.5. The number of ether oxygens (including phenoxy) is 3. The minimum absolute atomic E-state index is 0.440. The highest BCUT2D eigenvalue weighted by molar-refractivity contribution is 5.86. The summed E-state index contributed by atoms with van der Waals surface area (Å²) in [5.41, 5.74) is 9.15. The van der Waals surface area contributed by atoms with Gasteiger partial charge in [-0.3, -0.25) is 0 Å². The van der Waals surface area contributed by atoms with Crippen LogP contribution in [0.4, 0.5) is 4.79 Å². The van der Waals surface area contributed by atoms with Crippen molar-refractivity contribution in [3.8, 4) is 17.2 Å². The van der Waals surface area contributed by atoms with E-state index in [0.717, 1.165) is 12.2 Å². The fraction of sp³-hybridized carbons (Fsp3) is 0.364. The molecule has 0 saturated carbocycles. The number of urea groups is 1. The van der Waals surface area contributed by atoms with Crippen molar-refractivity contribution in [1.82, 2.24) is 5.43 Å². The van der Waals surface area contributed by atoms with E-state index in [1.54, 1.807) is 19.2 Å². The zero-order chi connectivity index (χ0) is 21.1. The van der Waals surface area contributed by atoms with Gasteiger partial charge in [0.2, 0.25) is 0 Å². The summed E-state index contributed by atoms with van der Waals surface area (Å²) in [6.45, 7) is 5.37. The Morgan fingerprint density at radius 1 is 1.17 bits per heavy atom. The molecule has 0 bridgehead atoms. The van der Waals surface area contributed by atoms with Gasteiger partial charge < -0.3 is 19.9 Å². The first-order valence-corrected chi connectivity index (χ1v) is 9.66. The number of carbonyl (C=O) groups is 1. The predicted molar refractivity (Wildman–Crippen MR) is 114 cm³/mol. The minimum atomic E-state index is -0.735. The van der Waals surface area contributed by atoms with Crippen molar-refractivity contribution in [2.45, 2.75) is 32.6 Å². The van der Waals surface area contributed by atoms with E-state index in [9.17, 15) is 4.79 Å². The number of benzene rings is 2. The molecule has 7 heteroatoms. The molecule has 0 spiro atoms. The summed E-state index contributed by atoms with van der Waals surface area (Å²) in [4.78, 5) is 10.8. The zero-order valence-corrected chi connectivity index (χ0v) is 17.2. The Bertz CT molecular complexity index is 806. The zero-order valence-electron chi connectivity index (χ0n) is 17.2. The third-order valence-corrected chi connectivity index (χ3v) is 4.47. The molecule has 2 aromatic rings. The maximum atomic E-state index is 10.8. The van der Waals surface area contributed by atoms with Crippen LogP contribution in [0.2, 0.25) is 0 Å². The van der Waals surface area contributed by atoms with E-state index in [1.165, 1.54) is 11.8 Å². The smallest absolute Gasteiger partial charge is 0.332 e. The quantitative estimate of drug-likeness (QED) is 0.338. The summed E-state index contributed by atoms with van der Waals surface area (Å²) in [5.74, 6) is 2.52. The van der Waals surface area contributed by atoms with Crippen LogP contribution in [0.15, 0.2) is 47.6 Å². The summed E-state index contributed by atoms with van der Waals surface area (Å²) in [6.07, 6.45) is 3.27. The fourth-order valence-electron chi connectivity index (χ4n) is 2.67. The van der Waals surface area contributed by atoms with E-state index < -0.39 is 6.03 Å². The van der Waals surface area contributed by atoms with E-state index in [0.29, 0.717) is 42.6 Å². The third-order valence-electron chi connectivity index (χ3n) is 4.47. The average molecular weight is 399 g/mol. The highest BCUT2D eigenvalue weighted by Gasteiger charge is 2.09. The Hall–Kier alpha value is -3.22. The van der Waals surface area contributed by atoms with Crippen LogP contribution in [-0.2, 0) is 0 Å². The van der Waals surface area contributed by atoms with Gasteiger partial charge in [0, 0.05) is 12.0 Å². The maximum absolute atomic E-state index is 10.8. The molecule has 1 unspecified atom stereocenters. The molecule has 0 aliphatic carbocycles. The molecule has 2 aromatic carbocycles. The monoisotopic (exact) mass is 399 g/mol. The van der Waals surface area contributed by atoms with Crippen molar-refractivity contribution < 1.29 is 19.0 Å². The molecule has 0 fully saturated rings. The molecule has 7 nitrogen and oxygen atoms in total. The summed E-state index contributed by atoms with van der Waals surface area (Å²) >= 11 is 0. The SMILES string of the molecule is CCC(C)c1ccc(OCCCOc2c(/C=N/NC(N)=O)cccc2OC)cc1. The molecule has 0 aliphatic rings. The lowest BCUT2D eigenvalue weighted by Crippen LogP contribution is -2.24. The van der Waals surface area contributed by atoms with E-state index in [1.807, 2.05) is 18.2 Å². The number of primary amides is 1. The number of carbonyl (C=O) groups excluding carboxylic acids is 1. The van der Waals surface area contributed by atoms with E-state index >= 15 is 0 Å². The molecule has 0 heterocycles. The Labute approximate surface area is 171 Å². The van der Waals surface area contributed by atoms with Gasteiger partial charge in [-0.15, -0.1) is 0 Å². The first-order chi connectivity index (χ1) is 14.0. The van der Waals surface area contributed by atoms with Gasteiger partial charge in [-0.2, -0.15) is 5.10 Å². The molecule has 3 N–H and O–H groups in total.